The van der Waals surface area contributed by atoms with Crippen LogP contribution >= 0.6 is 0 Å². The summed E-state index contributed by atoms with van der Waals surface area (Å²) in [5.74, 6) is -0.953. The second kappa shape index (κ2) is 11.8. The Morgan fingerprint density at radius 1 is 0.750 bits per heavy atom. The molecular weight excluding hydrogens is 504 g/mol. The minimum absolute atomic E-state index is 0.0556. The lowest BCUT2D eigenvalue weighted by Gasteiger charge is -2.17. The van der Waals surface area contributed by atoms with Crippen molar-refractivity contribution < 1.29 is 34.7 Å². The van der Waals surface area contributed by atoms with Crippen LogP contribution in [-0.4, -0.2) is 35.5 Å². The van der Waals surface area contributed by atoms with Gasteiger partial charge in [-0.15, -0.1) is 0 Å². The topological polar surface area (TPSA) is 113 Å². The number of ether oxygens (including phenoxy) is 1. The van der Waals surface area contributed by atoms with Gasteiger partial charge in [0.1, 0.15) is 6.61 Å². The number of carbonyl (C=O) groups excluding carboxylic acids is 1. The van der Waals surface area contributed by atoms with Gasteiger partial charge >= 0.3 is 5.97 Å². The molecule has 0 amide bonds. The van der Waals surface area contributed by atoms with Gasteiger partial charge in [-0.2, -0.15) is 16.8 Å². The molecule has 0 aliphatic carbocycles. The molecule has 1 atom stereocenters. The van der Waals surface area contributed by atoms with Crippen LogP contribution in [-0.2, 0) is 44.7 Å². The SMILES string of the molecule is Cc1ccc(S(=O)(=O)OCCC(OS(=O)(=O)c2ccc(C)cc2)C(=O)OCc2ccccc2C)cc1. The average molecular weight is 533 g/mol. The number of hydrogen-bond acceptors (Lipinski definition) is 8. The summed E-state index contributed by atoms with van der Waals surface area (Å²) in [6.07, 6.45) is -1.99. The fourth-order valence-electron chi connectivity index (χ4n) is 3.17. The number of rotatable bonds is 11. The largest absolute Gasteiger partial charge is 0.459 e. The van der Waals surface area contributed by atoms with Crippen molar-refractivity contribution in [1.82, 2.24) is 0 Å². The molecule has 10 heteroatoms. The van der Waals surface area contributed by atoms with E-state index in [1.165, 1.54) is 24.3 Å². The van der Waals surface area contributed by atoms with Crippen molar-refractivity contribution in [3.8, 4) is 0 Å². The van der Waals surface area contributed by atoms with E-state index in [2.05, 4.69) is 0 Å². The first-order valence-corrected chi connectivity index (χ1v) is 14.0. The lowest BCUT2D eigenvalue weighted by molar-refractivity contribution is -0.153. The van der Waals surface area contributed by atoms with Crippen molar-refractivity contribution in [3.63, 3.8) is 0 Å². The van der Waals surface area contributed by atoms with E-state index in [1.807, 2.05) is 26.0 Å². The molecule has 3 rings (SSSR count). The Morgan fingerprint density at radius 2 is 1.28 bits per heavy atom. The zero-order valence-corrected chi connectivity index (χ0v) is 21.8. The Bertz CT molecular complexity index is 1400. The third kappa shape index (κ3) is 7.47. The molecule has 0 radical (unpaired) electrons. The van der Waals surface area contributed by atoms with E-state index in [9.17, 15) is 21.6 Å². The van der Waals surface area contributed by atoms with E-state index in [-0.39, 0.29) is 22.8 Å². The van der Waals surface area contributed by atoms with Crippen LogP contribution in [0.25, 0.3) is 0 Å². The van der Waals surface area contributed by atoms with Crippen LogP contribution in [0.15, 0.2) is 82.6 Å². The van der Waals surface area contributed by atoms with Gasteiger partial charge in [0.05, 0.1) is 16.4 Å². The highest BCUT2D eigenvalue weighted by Crippen LogP contribution is 2.20. The molecule has 1 unspecified atom stereocenters. The number of benzene rings is 3. The van der Waals surface area contributed by atoms with Crippen LogP contribution in [0.3, 0.4) is 0 Å². The fraction of sp³-hybridized carbons (Fsp3) is 0.269. The van der Waals surface area contributed by atoms with E-state index in [0.717, 1.165) is 22.3 Å². The second-order valence-corrected chi connectivity index (χ2v) is 11.5. The summed E-state index contributed by atoms with van der Waals surface area (Å²) < 4.78 is 66.2. The summed E-state index contributed by atoms with van der Waals surface area (Å²) in [6.45, 7) is 4.87. The maximum absolute atomic E-state index is 12.8. The van der Waals surface area contributed by atoms with Crippen molar-refractivity contribution in [3.05, 3.63) is 95.1 Å². The maximum Gasteiger partial charge on any atom is 0.337 e. The molecule has 192 valence electrons. The molecule has 8 nitrogen and oxygen atoms in total. The van der Waals surface area contributed by atoms with Crippen molar-refractivity contribution in [2.24, 2.45) is 0 Å². The standard InChI is InChI=1S/C26H28O8S2/c1-19-8-12-23(13-9-19)35(28,29)33-17-16-25(26(27)32-18-22-7-5-4-6-21(22)3)34-36(30,31)24-14-10-20(2)11-15-24/h4-15,25H,16-18H2,1-3H3. The van der Waals surface area contributed by atoms with Crippen LogP contribution in [0.1, 0.15) is 28.7 Å². The number of hydrogen-bond donors (Lipinski definition) is 0. The fourth-order valence-corrected chi connectivity index (χ4v) is 5.15. The van der Waals surface area contributed by atoms with Crippen LogP contribution < -0.4 is 0 Å². The Labute approximate surface area is 212 Å². The monoisotopic (exact) mass is 532 g/mol. The summed E-state index contributed by atoms with van der Waals surface area (Å²) in [6, 6.07) is 19.2. The minimum atomic E-state index is -4.34. The van der Waals surface area contributed by atoms with Crippen LogP contribution in [0, 0.1) is 20.8 Å². The van der Waals surface area contributed by atoms with Gasteiger partial charge in [-0.1, -0.05) is 59.7 Å². The zero-order valence-electron chi connectivity index (χ0n) is 20.2. The molecule has 0 spiro atoms. The summed E-state index contributed by atoms with van der Waals surface area (Å²) in [5, 5.41) is 0. The predicted octanol–water partition coefficient (Wildman–Crippen LogP) is 4.22. The molecule has 0 saturated heterocycles. The highest BCUT2D eigenvalue weighted by atomic mass is 32.2. The molecule has 0 heterocycles. The number of carbonyl (C=O) groups is 1. The quantitative estimate of drug-likeness (QED) is 0.266. The van der Waals surface area contributed by atoms with Gasteiger partial charge in [0.25, 0.3) is 20.2 Å². The van der Waals surface area contributed by atoms with Crippen molar-refractivity contribution >= 4 is 26.2 Å². The summed E-state index contributed by atoms with van der Waals surface area (Å²) >= 11 is 0. The van der Waals surface area contributed by atoms with Gasteiger partial charge in [0, 0.05) is 6.42 Å². The predicted molar refractivity (Wildman–Crippen MR) is 133 cm³/mol. The van der Waals surface area contributed by atoms with E-state index >= 15 is 0 Å². The molecule has 0 saturated carbocycles. The first-order valence-electron chi connectivity index (χ1n) is 11.2. The van der Waals surface area contributed by atoms with E-state index in [0.29, 0.717) is 0 Å². The molecule has 0 aliphatic rings. The molecular formula is C26H28O8S2. The van der Waals surface area contributed by atoms with Crippen molar-refractivity contribution in [2.45, 2.75) is 49.7 Å². The Hall–Kier alpha value is -3.05. The van der Waals surface area contributed by atoms with Gasteiger partial charge in [0.2, 0.25) is 0 Å². The van der Waals surface area contributed by atoms with Gasteiger partial charge in [-0.25, -0.2) is 4.79 Å². The van der Waals surface area contributed by atoms with Gasteiger partial charge < -0.3 is 4.74 Å². The van der Waals surface area contributed by atoms with E-state index in [1.54, 1.807) is 43.3 Å². The summed E-state index contributed by atoms with van der Waals surface area (Å²) in [7, 11) is -8.46. The van der Waals surface area contributed by atoms with Gasteiger partial charge in [-0.3, -0.25) is 8.37 Å². The molecule has 0 aromatic heterocycles. The first-order chi connectivity index (χ1) is 17.0. The number of aryl methyl sites for hydroxylation is 3. The molecule has 0 N–H and O–H groups in total. The third-order valence-corrected chi connectivity index (χ3v) is 8.04. The lowest BCUT2D eigenvalue weighted by Crippen LogP contribution is -2.31. The number of esters is 1. The van der Waals surface area contributed by atoms with Crippen molar-refractivity contribution in [1.29, 1.82) is 0 Å². The Morgan fingerprint density at radius 3 is 1.83 bits per heavy atom. The Kier molecular flexibility index (Phi) is 9.02. The zero-order chi connectivity index (χ0) is 26.3. The molecule has 3 aromatic carbocycles. The highest BCUT2D eigenvalue weighted by Gasteiger charge is 2.30. The Balaban J connectivity index is 1.74. The summed E-state index contributed by atoms with van der Waals surface area (Å²) in [5.41, 5.74) is 3.35. The highest BCUT2D eigenvalue weighted by molar-refractivity contribution is 7.87. The molecule has 36 heavy (non-hydrogen) atoms. The van der Waals surface area contributed by atoms with Crippen molar-refractivity contribution in [2.75, 3.05) is 6.61 Å². The van der Waals surface area contributed by atoms with Gasteiger partial charge in [-0.05, 0) is 56.2 Å². The molecule has 0 aliphatic heterocycles. The van der Waals surface area contributed by atoms with E-state index < -0.39 is 38.9 Å². The van der Waals surface area contributed by atoms with Crippen LogP contribution in [0.5, 0.6) is 0 Å². The molecule has 3 aromatic rings. The van der Waals surface area contributed by atoms with Crippen LogP contribution in [0.4, 0.5) is 0 Å². The minimum Gasteiger partial charge on any atom is -0.459 e. The molecule has 0 bridgehead atoms. The van der Waals surface area contributed by atoms with Gasteiger partial charge in [0.15, 0.2) is 6.10 Å². The maximum atomic E-state index is 12.8. The smallest absolute Gasteiger partial charge is 0.337 e. The normalized spacial score (nSPS) is 12.8. The summed E-state index contributed by atoms with van der Waals surface area (Å²) in [4.78, 5) is 12.6. The molecule has 0 fully saturated rings. The van der Waals surface area contributed by atoms with E-state index in [4.69, 9.17) is 13.1 Å². The van der Waals surface area contributed by atoms with Crippen LogP contribution in [0.2, 0.25) is 0 Å². The average Bonchev–Trinajstić information content (AvgIpc) is 2.83. The third-order valence-electron chi connectivity index (χ3n) is 5.37. The first kappa shape index (κ1) is 27.5. The lowest BCUT2D eigenvalue weighted by atomic mass is 10.1. The second-order valence-electron chi connectivity index (χ2n) is 8.26.